The van der Waals surface area contributed by atoms with Crippen LogP contribution in [0.2, 0.25) is 0 Å². The molecule has 30 heavy (non-hydrogen) atoms. The van der Waals surface area contributed by atoms with E-state index in [1.54, 1.807) is 25.1 Å². The van der Waals surface area contributed by atoms with Crippen LogP contribution in [0.15, 0.2) is 34.9 Å². The van der Waals surface area contributed by atoms with Gasteiger partial charge in [-0.2, -0.15) is 0 Å². The molecule has 3 aromatic rings. The molecule has 0 aliphatic heterocycles. The minimum absolute atomic E-state index is 0.0326. The van der Waals surface area contributed by atoms with E-state index in [0.29, 0.717) is 23.6 Å². The Hall–Kier alpha value is -3.22. The van der Waals surface area contributed by atoms with Gasteiger partial charge in [0, 0.05) is 29.4 Å². The van der Waals surface area contributed by atoms with Crippen molar-refractivity contribution in [2.75, 3.05) is 6.61 Å². The Kier molecular flexibility index (Phi) is 6.20. The molecule has 0 radical (unpaired) electrons. The highest BCUT2D eigenvalue weighted by Gasteiger charge is 2.25. The number of ketones is 1. The number of esters is 1. The van der Waals surface area contributed by atoms with Gasteiger partial charge < -0.3 is 13.8 Å². The monoisotopic (exact) mass is 412 g/mol. The quantitative estimate of drug-likeness (QED) is 0.413. The number of hydrogen-bond donors (Lipinski definition) is 0. The Bertz CT molecular complexity index is 1080. The van der Waals surface area contributed by atoms with E-state index in [-0.39, 0.29) is 29.7 Å². The summed E-state index contributed by atoms with van der Waals surface area (Å²) in [7, 11) is 0. The topological polar surface area (TPSA) is 74.3 Å². The Morgan fingerprint density at radius 2 is 1.83 bits per heavy atom. The van der Waals surface area contributed by atoms with Crippen molar-refractivity contribution in [2.24, 2.45) is 0 Å². The number of halogens is 1. The van der Waals surface area contributed by atoms with E-state index < -0.39 is 5.97 Å². The molecule has 0 atom stereocenters. The van der Waals surface area contributed by atoms with Crippen LogP contribution in [-0.2, 0) is 11.3 Å². The molecule has 2 heterocycles. The lowest BCUT2D eigenvalue weighted by Crippen LogP contribution is -2.16. The Labute approximate surface area is 174 Å². The van der Waals surface area contributed by atoms with Crippen molar-refractivity contribution in [3.05, 3.63) is 75.7 Å². The standard InChI is InChI=1S/C23H25FN2O4/c1-13(2)22-21(15(4)25-30-22)23(28)29-12-20(27)19-10-14(3)26(16(19)5)11-17-6-8-18(24)9-7-17/h6-10,13H,11-12H2,1-5H3. The third kappa shape index (κ3) is 4.35. The van der Waals surface area contributed by atoms with Gasteiger partial charge in [0.05, 0.1) is 5.69 Å². The zero-order valence-electron chi connectivity index (χ0n) is 17.8. The highest BCUT2D eigenvalue weighted by molar-refractivity contribution is 6.00. The second-order valence-corrected chi connectivity index (χ2v) is 7.66. The number of Topliss-reactive ketones (excluding diaryl/α,β-unsaturated/α-hetero) is 1. The van der Waals surface area contributed by atoms with Crippen LogP contribution in [0.1, 0.15) is 68.9 Å². The average molecular weight is 412 g/mol. The van der Waals surface area contributed by atoms with Gasteiger partial charge in [0.25, 0.3) is 0 Å². The van der Waals surface area contributed by atoms with Gasteiger partial charge in [-0.15, -0.1) is 0 Å². The molecule has 1 aromatic carbocycles. The first-order chi connectivity index (χ1) is 14.2. The van der Waals surface area contributed by atoms with E-state index in [4.69, 9.17) is 9.26 Å². The summed E-state index contributed by atoms with van der Waals surface area (Å²) >= 11 is 0. The fourth-order valence-electron chi connectivity index (χ4n) is 3.41. The van der Waals surface area contributed by atoms with Gasteiger partial charge in [-0.25, -0.2) is 9.18 Å². The number of benzene rings is 1. The summed E-state index contributed by atoms with van der Waals surface area (Å²) in [5.74, 6) is -0.786. The summed E-state index contributed by atoms with van der Waals surface area (Å²) < 4.78 is 25.6. The van der Waals surface area contributed by atoms with Gasteiger partial charge in [0.2, 0.25) is 5.78 Å². The van der Waals surface area contributed by atoms with Crippen molar-refractivity contribution in [2.45, 2.75) is 47.1 Å². The lowest BCUT2D eigenvalue weighted by molar-refractivity contribution is 0.0471. The van der Waals surface area contributed by atoms with Crippen LogP contribution in [0.5, 0.6) is 0 Å². The molecular weight excluding hydrogens is 387 g/mol. The maximum absolute atomic E-state index is 13.1. The van der Waals surface area contributed by atoms with Crippen LogP contribution in [-0.4, -0.2) is 28.1 Å². The van der Waals surface area contributed by atoms with Crippen molar-refractivity contribution < 1.29 is 23.2 Å². The fourth-order valence-corrected chi connectivity index (χ4v) is 3.41. The van der Waals surface area contributed by atoms with E-state index in [1.165, 1.54) is 12.1 Å². The van der Waals surface area contributed by atoms with Gasteiger partial charge in [-0.05, 0) is 44.5 Å². The Morgan fingerprint density at radius 3 is 2.47 bits per heavy atom. The number of carbonyl (C=O) groups is 2. The number of rotatable bonds is 7. The fraction of sp³-hybridized carbons (Fsp3) is 0.348. The summed E-state index contributed by atoms with van der Waals surface area (Å²) in [6, 6.07) is 8.02. The van der Waals surface area contributed by atoms with E-state index in [1.807, 2.05) is 32.3 Å². The van der Waals surface area contributed by atoms with Crippen LogP contribution < -0.4 is 0 Å². The first kappa shape index (κ1) is 21.5. The molecule has 7 heteroatoms. The third-order valence-corrected chi connectivity index (χ3v) is 5.08. The maximum Gasteiger partial charge on any atom is 0.344 e. The van der Waals surface area contributed by atoms with Crippen molar-refractivity contribution in [1.29, 1.82) is 0 Å². The lowest BCUT2D eigenvalue weighted by Gasteiger charge is -2.10. The first-order valence-electron chi connectivity index (χ1n) is 9.76. The summed E-state index contributed by atoms with van der Waals surface area (Å²) in [5, 5.41) is 3.83. The predicted octanol–water partition coefficient (Wildman–Crippen LogP) is 4.75. The van der Waals surface area contributed by atoms with E-state index in [9.17, 15) is 14.0 Å². The van der Waals surface area contributed by atoms with Gasteiger partial charge in [0.1, 0.15) is 11.4 Å². The van der Waals surface area contributed by atoms with Crippen molar-refractivity contribution in [3.63, 3.8) is 0 Å². The molecule has 0 aliphatic rings. The average Bonchev–Trinajstić information content (AvgIpc) is 3.22. The molecule has 0 saturated carbocycles. The lowest BCUT2D eigenvalue weighted by atomic mass is 10.1. The van der Waals surface area contributed by atoms with Gasteiger partial charge in [-0.3, -0.25) is 4.79 Å². The number of aromatic nitrogens is 2. The van der Waals surface area contributed by atoms with Crippen LogP contribution >= 0.6 is 0 Å². The maximum atomic E-state index is 13.1. The molecule has 0 spiro atoms. The first-order valence-corrected chi connectivity index (χ1v) is 9.76. The zero-order valence-corrected chi connectivity index (χ0v) is 17.8. The normalized spacial score (nSPS) is 11.2. The molecule has 0 unspecified atom stereocenters. The zero-order chi connectivity index (χ0) is 22.0. The molecule has 0 fully saturated rings. The van der Waals surface area contributed by atoms with E-state index >= 15 is 0 Å². The number of nitrogens with zero attached hydrogens (tertiary/aromatic N) is 2. The Balaban J connectivity index is 1.73. The third-order valence-electron chi connectivity index (χ3n) is 5.08. The van der Waals surface area contributed by atoms with Gasteiger partial charge in [-0.1, -0.05) is 31.1 Å². The summed E-state index contributed by atoms with van der Waals surface area (Å²) in [6.07, 6.45) is 0. The van der Waals surface area contributed by atoms with Crippen LogP contribution in [0.4, 0.5) is 4.39 Å². The van der Waals surface area contributed by atoms with Gasteiger partial charge in [0.15, 0.2) is 12.4 Å². The summed E-state index contributed by atoms with van der Waals surface area (Å²) in [4.78, 5) is 25.2. The van der Waals surface area contributed by atoms with Crippen molar-refractivity contribution >= 4 is 11.8 Å². The minimum atomic E-state index is -0.620. The molecule has 0 N–H and O–H groups in total. The molecular formula is C23H25FN2O4. The smallest absolute Gasteiger partial charge is 0.344 e. The molecule has 0 bridgehead atoms. The molecule has 0 amide bonds. The minimum Gasteiger partial charge on any atom is -0.454 e. The van der Waals surface area contributed by atoms with Crippen LogP contribution in [0.3, 0.4) is 0 Å². The highest BCUT2D eigenvalue weighted by atomic mass is 19.1. The largest absolute Gasteiger partial charge is 0.454 e. The predicted molar refractivity (Wildman–Crippen MR) is 109 cm³/mol. The van der Waals surface area contributed by atoms with E-state index in [0.717, 1.165) is 17.0 Å². The number of hydrogen-bond acceptors (Lipinski definition) is 5. The van der Waals surface area contributed by atoms with Crippen molar-refractivity contribution in [1.82, 2.24) is 9.72 Å². The molecule has 0 saturated heterocycles. The summed E-state index contributed by atoms with van der Waals surface area (Å²) in [5.41, 5.74) is 3.79. The second kappa shape index (κ2) is 8.65. The van der Waals surface area contributed by atoms with Gasteiger partial charge >= 0.3 is 5.97 Å². The number of ether oxygens (including phenoxy) is 1. The molecule has 2 aromatic heterocycles. The summed E-state index contributed by atoms with van der Waals surface area (Å²) in [6.45, 7) is 9.32. The Morgan fingerprint density at radius 1 is 1.17 bits per heavy atom. The number of aryl methyl sites for hydroxylation is 2. The van der Waals surface area contributed by atoms with E-state index in [2.05, 4.69) is 5.16 Å². The molecule has 3 rings (SSSR count). The SMILES string of the molecule is Cc1noc(C(C)C)c1C(=O)OCC(=O)c1cc(C)n(Cc2ccc(F)cc2)c1C. The van der Waals surface area contributed by atoms with Crippen LogP contribution in [0.25, 0.3) is 0 Å². The van der Waals surface area contributed by atoms with Crippen LogP contribution in [0, 0.1) is 26.6 Å². The molecule has 158 valence electrons. The van der Waals surface area contributed by atoms with Crippen molar-refractivity contribution in [3.8, 4) is 0 Å². The number of carbonyl (C=O) groups excluding carboxylic acids is 2. The second-order valence-electron chi connectivity index (χ2n) is 7.66. The highest BCUT2D eigenvalue weighted by Crippen LogP contribution is 2.23. The molecule has 6 nitrogen and oxygen atoms in total. The molecule has 0 aliphatic carbocycles.